The number of nitrogens with one attached hydrogen (secondary N) is 1. The summed E-state index contributed by atoms with van der Waals surface area (Å²) in [6.07, 6.45) is 0. The molecule has 0 spiro atoms. The number of aromatic nitrogens is 2. The number of hydrogen-bond acceptors (Lipinski definition) is 2. The Balaban J connectivity index is 2.69. The van der Waals surface area contributed by atoms with Crippen molar-refractivity contribution in [3.8, 4) is 11.6 Å². The topological polar surface area (TPSA) is 58.0 Å². The van der Waals surface area contributed by atoms with Crippen LogP contribution in [0.15, 0.2) is 35.1 Å². The van der Waals surface area contributed by atoms with Crippen LogP contribution in [-0.4, -0.2) is 14.7 Å². The lowest BCUT2D eigenvalue weighted by Gasteiger charge is -2.02. The van der Waals surface area contributed by atoms with E-state index in [-0.39, 0.29) is 11.6 Å². The molecule has 2 N–H and O–H groups in total. The van der Waals surface area contributed by atoms with Crippen molar-refractivity contribution >= 4 is 0 Å². The molecular weight excluding hydrogens is 180 g/mol. The number of aromatic amines is 1. The number of para-hydroxylation sites is 1. The molecule has 0 saturated carbocycles. The zero-order valence-corrected chi connectivity index (χ0v) is 7.69. The summed E-state index contributed by atoms with van der Waals surface area (Å²) in [5, 5.41) is 9.31. The van der Waals surface area contributed by atoms with Gasteiger partial charge in [0.15, 0.2) is 0 Å². The maximum absolute atomic E-state index is 11.4. The number of nitrogens with zero attached hydrogens (tertiary/aromatic N) is 1. The second-order valence-corrected chi connectivity index (χ2v) is 3.04. The summed E-state index contributed by atoms with van der Waals surface area (Å²) in [5.74, 6) is -0.0844. The standard InChI is InChI=1S/C10H10N2O2/c1-7-9(13)11-10(14)12(7)8-5-3-2-4-6-8/h2-6,13H,1H3,(H,11,14). The molecule has 72 valence electrons. The van der Waals surface area contributed by atoms with Gasteiger partial charge in [-0.3, -0.25) is 9.55 Å². The van der Waals surface area contributed by atoms with Crippen molar-refractivity contribution < 1.29 is 5.11 Å². The smallest absolute Gasteiger partial charge is 0.333 e. The summed E-state index contributed by atoms with van der Waals surface area (Å²) in [5.41, 5.74) is 0.930. The van der Waals surface area contributed by atoms with Crippen molar-refractivity contribution in [2.24, 2.45) is 0 Å². The second kappa shape index (κ2) is 3.06. The quantitative estimate of drug-likeness (QED) is 0.709. The molecule has 0 saturated heterocycles. The highest BCUT2D eigenvalue weighted by atomic mass is 16.3. The first-order valence-corrected chi connectivity index (χ1v) is 4.26. The Morgan fingerprint density at radius 1 is 1.29 bits per heavy atom. The molecule has 1 aromatic heterocycles. The van der Waals surface area contributed by atoms with E-state index in [0.717, 1.165) is 5.69 Å². The summed E-state index contributed by atoms with van der Waals surface area (Å²) in [4.78, 5) is 13.7. The summed E-state index contributed by atoms with van der Waals surface area (Å²) in [6.45, 7) is 1.68. The number of imidazole rings is 1. The fraction of sp³-hybridized carbons (Fsp3) is 0.100. The second-order valence-electron chi connectivity index (χ2n) is 3.04. The predicted molar refractivity (Wildman–Crippen MR) is 52.8 cm³/mol. The molecule has 1 aromatic carbocycles. The third-order valence-corrected chi connectivity index (χ3v) is 2.12. The van der Waals surface area contributed by atoms with Gasteiger partial charge in [0.1, 0.15) is 0 Å². The molecule has 0 aliphatic heterocycles. The van der Waals surface area contributed by atoms with Gasteiger partial charge in [-0.05, 0) is 19.1 Å². The third kappa shape index (κ3) is 1.21. The molecule has 2 rings (SSSR count). The van der Waals surface area contributed by atoms with E-state index in [4.69, 9.17) is 0 Å². The van der Waals surface area contributed by atoms with Gasteiger partial charge in [-0.2, -0.15) is 0 Å². The highest BCUT2D eigenvalue weighted by Gasteiger charge is 2.09. The Morgan fingerprint density at radius 2 is 1.93 bits per heavy atom. The molecule has 14 heavy (non-hydrogen) atoms. The molecule has 4 heteroatoms. The first-order valence-electron chi connectivity index (χ1n) is 4.26. The number of rotatable bonds is 1. The molecule has 0 aliphatic rings. The lowest BCUT2D eigenvalue weighted by atomic mass is 10.3. The molecule has 2 aromatic rings. The van der Waals surface area contributed by atoms with Crippen LogP contribution >= 0.6 is 0 Å². The van der Waals surface area contributed by atoms with Gasteiger partial charge in [-0.25, -0.2) is 4.79 Å². The van der Waals surface area contributed by atoms with Crippen LogP contribution < -0.4 is 5.69 Å². The van der Waals surface area contributed by atoms with E-state index in [1.54, 1.807) is 6.92 Å². The van der Waals surface area contributed by atoms with Gasteiger partial charge >= 0.3 is 5.69 Å². The average molecular weight is 190 g/mol. The van der Waals surface area contributed by atoms with E-state index in [9.17, 15) is 9.90 Å². The maximum Gasteiger partial charge on any atom is 0.333 e. The van der Waals surface area contributed by atoms with Crippen molar-refractivity contribution in [2.75, 3.05) is 0 Å². The lowest BCUT2D eigenvalue weighted by Crippen LogP contribution is -2.15. The first-order chi connectivity index (χ1) is 6.70. The maximum atomic E-state index is 11.4. The zero-order valence-electron chi connectivity index (χ0n) is 7.69. The van der Waals surface area contributed by atoms with Gasteiger partial charge < -0.3 is 5.11 Å². The van der Waals surface area contributed by atoms with Crippen LogP contribution in [0.4, 0.5) is 0 Å². The highest BCUT2D eigenvalue weighted by molar-refractivity contribution is 5.35. The van der Waals surface area contributed by atoms with Crippen LogP contribution in [0.1, 0.15) is 5.69 Å². The Morgan fingerprint density at radius 3 is 2.43 bits per heavy atom. The van der Waals surface area contributed by atoms with E-state index < -0.39 is 0 Å². The van der Waals surface area contributed by atoms with Crippen molar-refractivity contribution in [1.29, 1.82) is 0 Å². The highest BCUT2D eigenvalue weighted by Crippen LogP contribution is 2.14. The van der Waals surface area contributed by atoms with Crippen LogP contribution in [0.2, 0.25) is 0 Å². The molecule has 0 radical (unpaired) electrons. The third-order valence-electron chi connectivity index (χ3n) is 2.12. The molecule has 1 heterocycles. The molecule has 0 bridgehead atoms. The Bertz CT molecular complexity index is 497. The Kier molecular flexibility index (Phi) is 1.89. The largest absolute Gasteiger partial charge is 0.493 e. The summed E-state index contributed by atoms with van der Waals surface area (Å²) >= 11 is 0. The van der Waals surface area contributed by atoms with Gasteiger partial charge in [-0.1, -0.05) is 18.2 Å². The number of hydrogen-bond donors (Lipinski definition) is 2. The fourth-order valence-electron chi connectivity index (χ4n) is 1.39. The molecule has 0 aliphatic carbocycles. The van der Waals surface area contributed by atoms with Crippen LogP contribution in [-0.2, 0) is 0 Å². The lowest BCUT2D eigenvalue weighted by molar-refractivity contribution is 0.451. The van der Waals surface area contributed by atoms with Crippen LogP contribution in [0.25, 0.3) is 5.69 Å². The summed E-state index contributed by atoms with van der Waals surface area (Å²) in [6, 6.07) is 9.16. The molecule has 4 nitrogen and oxygen atoms in total. The van der Waals surface area contributed by atoms with E-state index >= 15 is 0 Å². The van der Waals surface area contributed by atoms with E-state index in [1.165, 1.54) is 4.57 Å². The Hall–Kier alpha value is -1.97. The van der Waals surface area contributed by atoms with Gasteiger partial charge in [0, 0.05) is 0 Å². The van der Waals surface area contributed by atoms with Crippen LogP contribution in [0, 0.1) is 6.92 Å². The van der Waals surface area contributed by atoms with Gasteiger partial charge in [0.05, 0.1) is 11.4 Å². The van der Waals surface area contributed by atoms with Gasteiger partial charge in [-0.15, -0.1) is 0 Å². The summed E-state index contributed by atoms with van der Waals surface area (Å²) < 4.78 is 1.43. The molecule has 0 atom stereocenters. The number of aromatic hydroxyl groups is 1. The Labute approximate surface area is 80.4 Å². The van der Waals surface area contributed by atoms with Crippen LogP contribution in [0.3, 0.4) is 0 Å². The minimum Gasteiger partial charge on any atom is -0.493 e. The predicted octanol–water partition coefficient (Wildman–Crippen LogP) is 1.18. The monoisotopic (exact) mass is 190 g/mol. The molecule has 0 unspecified atom stereocenters. The minimum atomic E-state index is -0.328. The summed E-state index contributed by atoms with van der Waals surface area (Å²) in [7, 11) is 0. The van der Waals surface area contributed by atoms with Crippen LogP contribution in [0.5, 0.6) is 5.88 Å². The van der Waals surface area contributed by atoms with Gasteiger partial charge in [0.2, 0.25) is 5.88 Å². The van der Waals surface area contributed by atoms with E-state index in [0.29, 0.717) is 5.69 Å². The van der Waals surface area contributed by atoms with Crippen molar-refractivity contribution in [3.63, 3.8) is 0 Å². The minimum absolute atomic E-state index is 0.0844. The first kappa shape index (κ1) is 8.62. The van der Waals surface area contributed by atoms with E-state index in [2.05, 4.69) is 4.98 Å². The average Bonchev–Trinajstić information content (AvgIpc) is 2.43. The van der Waals surface area contributed by atoms with E-state index in [1.807, 2.05) is 30.3 Å². The zero-order chi connectivity index (χ0) is 10.1. The normalized spacial score (nSPS) is 10.4. The number of H-pyrrole nitrogens is 1. The molecular formula is C10H10N2O2. The van der Waals surface area contributed by atoms with Crippen molar-refractivity contribution in [1.82, 2.24) is 9.55 Å². The fourth-order valence-corrected chi connectivity index (χ4v) is 1.39. The van der Waals surface area contributed by atoms with Gasteiger partial charge in [0.25, 0.3) is 0 Å². The SMILES string of the molecule is Cc1c(O)[nH]c(=O)n1-c1ccccc1. The molecule has 0 fully saturated rings. The van der Waals surface area contributed by atoms with Crippen molar-refractivity contribution in [3.05, 3.63) is 46.5 Å². The van der Waals surface area contributed by atoms with Crippen molar-refractivity contribution in [2.45, 2.75) is 6.92 Å². The molecule has 0 amide bonds. The number of benzene rings is 1.